The van der Waals surface area contributed by atoms with Gasteiger partial charge in [0.25, 0.3) is 0 Å². The van der Waals surface area contributed by atoms with E-state index in [1.165, 1.54) is 0 Å². The maximum Gasteiger partial charge on any atom is 0.338 e. The molecule has 2 aliphatic rings. The van der Waals surface area contributed by atoms with Gasteiger partial charge in [-0.2, -0.15) is 0 Å². The van der Waals surface area contributed by atoms with Gasteiger partial charge in [0.1, 0.15) is 0 Å². The summed E-state index contributed by atoms with van der Waals surface area (Å²) in [4.78, 5) is 23.9. The van der Waals surface area contributed by atoms with Gasteiger partial charge < -0.3 is 15.4 Å². The lowest BCUT2D eigenvalue weighted by Gasteiger charge is -2.23. The van der Waals surface area contributed by atoms with Crippen LogP contribution in [-0.4, -0.2) is 31.6 Å². The third-order valence-corrected chi connectivity index (χ3v) is 5.04. The van der Waals surface area contributed by atoms with Crippen LogP contribution in [0.4, 0.5) is 0 Å². The third-order valence-electron chi connectivity index (χ3n) is 5.04. The molecule has 124 valence electrons. The number of benzene rings is 1. The van der Waals surface area contributed by atoms with Crippen LogP contribution in [0, 0.1) is 11.3 Å². The normalized spacial score (nSPS) is 21.7. The molecule has 0 aromatic heterocycles. The summed E-state index contributed by atoms with van der Waals surface area (Å²) in [6.45, 7) is 4.72. The molecule has 1 heterocycles. The van der Waals surface area contributed by atoms with E-state index in [1.54, 1.807) is 19.1 Å². The summed E-state index contributed by atoms with van der Waals surface area (Å²) in [7, 11) is 0. The summed E-state index contributed by atoms with van der Waals surface area (Å²) >= 11 is 0. The molecule has 1 aliphatic carbocycles. The van der Waals surface area contributed by atoms with Crippen molar-refractivity contribution >= 4 is 11.9 Å². The number of ether oxygens (including phenoxy) is 1. The molecule has 1 aromatic carbocycles. The number of piperidine rings is 1. The zero-order valence-corrected chi connectivity index (χ0v) is 13.6. The number of nitrogens with one attached hydrogen (secondary N) is 2. The molecule has 0 bridgehead atoms. The van der Waals surface area contributed by atoms with E-state index >= 15 is 0 Å². The number of rotatable bonds is 5. The molecule has 1 atom stereocenters. The summed E-state index contributed by atoms with van der Waals surface area (Å²) in [5, 5.41) is 6.38. The maximum absolute atomic E-state index is 12.3. The number of esters is 1. The van der Waals surface area contributed by atoms with Crippen LogP contribution in [-0.2, 0) is 16.1 Å². The summed E-state index contributed by atoms with van der Waals surface area (Å²) in [6.07, 6.45) is 3.25. The van der Waals surface area contributed by atoms with E-state index < -0.39 is 0 Å². The lowest BCUT2D eigenvalue weighted by Crippen LogP contribution is -2.33. The Labute approximate surface area is 136 Å². The van der Waals surface area contributed by atoms with Crippen LogP contribution < -0.4 is 10.6 Å². The van der Waals surface area contributed by atoms with Crippen LogP contribution in [0.15, 0.2) is 24.3 Å². The number of hydrogen-bond donors (Lipinski definition) is 2. The molecular weight excluding hydrogens is 292 g/mol. The minimum Gasteiger partial charge on any atom is -0.462 e. The first kappa shape index (κ1) is 16.0. The minimum atomic E-state index is -0.311. The summed E-state index contributed by atoms with van der Waals surface area (Å²) < 4.78 is 4.96. The third kappa shape index (κ3) is 3.55. The first-order valence-electron chi connectivity index (χ1n) is 8.39. The Morgan fingerprint density at radius 3 is 2.61 bits per heavy atom. The van der Waals surface area contributed by atoms with Gasteiger partial charge in [0.2, 0.25) is 5.91 Å². The minimum absolute atomic E-state index is 0.168. The van der Waals surface area contributed by atoms with Gasteiger partial charge in [0, 0.05) is 12.5 Å². The quantitative estimate of drug-likeness (QED) is 0.814. The average molecular weight is 316 g/mol. The topological polar surface area (TPSA) is 67.4 Å². The maximum atomic E-state index is 12.3. The van der Waals surface area contributed by atoms with Gasteiger partial charge in [-0.15, -0.1) is 0 Å². The fraction of sp³-hybridized carbons (Fsp3) is 0.556. The number of amides is 1. The lowest BCUT2D eigenvalue weighted by atomic mass is 9.92. The Hall–Kier alpha value is -1.88. The highest BCUT2D eigenvalue weighted by molar-refractivity contribution is 5.89. The Morgan fingerprint density at radius 2 is 1.96 bits per heavy atom. The fourth-order valence-corrected chi connectivity index (χ4v) is 3.48. The molecule has 1 aliphatic heterocycles. The predicted octanol–water partition coefficient (Wildman–Crippen LogP) is 1.87. The summed E-state index contributed by atoms with van der Waals surface area (Å²) in [5.74, 6) is 0.0405. The van der Waals surface area contributed by atoms with E-state index in [1.807, 2.05) is 12.1 Å². The van der Waals surface area contributed by atoms with Gasteiger partial charge in [-0.3, -0.25) is 4.79 Å². The van der Waals surface area contributed by atoms with Crippen molar-refractivity contribution in [1.29, 1.82) is 0 Å². The number of carbonyl (C=O) groups is 2. The van der Waals surface area contributed by atoms with E-state index in [9.17, 15) is 9.59 Å². The van der Waals surface area contributed by atoms with Crippen LogP contribution in [0.2, 0.25) is 0 Å². The van der Waals surface area contributed by atoms with E-state index in [0.717, 1.165) is 37.9 Å². The smallest absolute Gasteiger partial charge is 0.338 e. The van der Waals surface area contributed by atoms with Crippen molar-refractivity contribution in [3.63, 3.8) is 0 Å². The molecule has 23 heavy (non-hydrogen) atoms. The van der Waals surface area contributed by atoms with Crippen molar-refractivity contribution in [3.8, 4) is 0 Å². The SMILES string of the molecule is CCOC(=O)c1ccc(CNC(=O)C2CC23CCNCC3)cc1. The summed E-state index contributed by atoms with van der Waals surface area (Å²) in [6, 6.07) is 7.20. The molecule has 5 heteroatoms. The zero-order chi connectivity index (χ0) is 16.3. The Morgan fingerprint density at radius 1 is 1.26 bits per heavy atom. The molecule has 2 fully saturated rings. The van der Waals surface area contributed by atoms with Crippen LogP contribution in [0.25, 0.3) is 0 Å². The number of carbonyl (C=O) groups excluding carboxylic acids is 2. The van der Waals surface area contributed by atoms with Crippen LogP contribution >= 0.6 is 0 Å². The van der Waals surface area contributed by atoms with Gasteiger partial charge in [-0.05, 0) is 62.4 Å². The molecule has 1 amide bonds. The largest absolute Gasteiger partial charge is 0.462 e. The monoisotopic (exact) mass is 316 g/mol. The second kappa shape index (κ2) is 6.71. The van der Waals surface area contributed by atoms with E-state index in [2.05, 4.69) is 10.6 Å². The second-order valence-electron chi connectivity index (χ2n) is 6.50. The average Bonchev–Trinajstić information content (AvgIpc) is 3.27. The van der Waals surface area contributed by atoms with E-state index in [0.29, 0.717) is 18.7 Å². The fourth-order valence-electron chi connectivity index (χ4n) is 3.48. The van der Waals surface area contributed by atoms with Gasteiger partial charge in [0.15, 0.2) is 0 Å². The van der Waals surface area contributed by atoms with E-state index in [4.69, 9.17) is 4.74 Å². The Kier molecular flexibility index (Phi) is 4.66. The van der Waals surface area contributed by atoms with Crippen molar-refractivity contribution in [2.75, 3.05) is 19.7 Å². The molecule has 0 radical (unpaired) electrons. The predicted molar refractivity (Wildman–Crippen MR) is 86.9 cm³/mol. The number of hydrogen-bond acceptors (Lipinski definition) is 4. The second-order valence-corrected chi connectivity index (χ2v) is 6.50. The van der Waals surface area contributed by atoms with Gasteiger partial charge in [-0.1, -0.05) is 12.1 Å². The highest BCUT2D eigenvalue weighted by Crippen LogP contribution is 2.58. The van der Waals surface area contributed by atoms with Crippen LogP contribution in [0.1, 0.15) is 42.1 Å². The first-order chi connectivity index (χ1) is 11.1. The molecule has 1 aromatic rings. The van der Waals surface area contributed by atoms with E-state index in [-0.39, 0.29) is 23.2 Å². The van der Waals surface area contributed by atoms with Crippen molar-refractivity contribution in [3.05, 3.63) is 35.4 Å². The van der Waals surface area contributed by atoms with Gasteiger partial charge >= 0.3 is 5.97 Å². The van der Waals surface area contributed by atoms with Crippen molar-refractivity contribution in [2.24, 2.45) is 11.3 Å². The molecule has 2 N–H and O–H groups in total. The molecular formula is C18H24N2O3. The first-order valence-corrected chi connectivity index (χ1v) is 8.39. The van der Waals surface area contributed by atoms with Crippen LogP contribution in [0.3, 0.4) is 0 Å². The van der Waals surface area contributed by atoms with Crippen molar-refractivity contribution < 1.29 is 14.3 Å². The van der Waals surface area contributed by atoms with Gasteiger partial charge in [0.05, 0.1) is 12.2 Å². The Balaban J connectivity index is 1.49. The molecule has 3 rings (SSSR count). The standard InChI is InChI=1S/C18H24N2O3/c1-2-23-17(22)14-5-3-13(4-6-14)12-20-16(21)15-11-18(15)7-9-19-10-8-18/h3-6,15,19H,2,7-12H2,1H3,(H,20,21). The lowest BCUT2D eigenvalue weighted by molar-refractivity contribution is -0.123. The summed E-state index contributed by atoms with van der Waals surface area (Å²) in [5.41, 5.74) is 1.80. The molecule has 1 saturated heterocycles. The highest BCUT2D eigenvalue weighted by Gasteiger charge is 2.57. The molecule has 5 nitrogen and oxygen atoms in total. The molecule has 1 unspecified atom stereocenters. The zero-order valence-electron chi connectivity index (χ0n) is 13.6. The highest BCUT2D eigenvalue weighted by atomic mass is 16.5. The van der Waals surface area contributed by atoms with Crippen molar-refractivity contribution in [2.45, 2.75) is 32.7 Å². The molecule has 1 spiro atoms. The molecule has 1 saturated carbocycles. The van der Waals surface area contributed by atoms with Gasteiger partial charge in [-0.25, -0.2) is 4.79 Å². The van der Waals surface area contributed by atoms with Crippen LogP contribution in [0.5, 0.6) is 0 Å². The Bertz CT molecular complexity index is 576. The van der Waals surface area contributed by atoms with Crippen molar-refractivity contribution in [1.82, 2.24) is 10.6 Å².